The van der Waals surface area contributed by atoms with Crippen LogP contribution in [0.25, 0.3) is 0 Å². The zero-order valence-electron chi connectivity index (χ0n) is 8.35. The highest BCUT2D eigenvalue weighted by molar-refractivity contribution is 9.10. The second-order valence-electron chi connectivity index (χ2n) is 3.15. The summed E-state index contributed by atoms with van der Waals surface area (Å²) in [6.45, 7) is 0. The fourth-order valence-corrected chi connectivity index (χ4v) is 1.60. The van der Waals surface area contributed by atoms with Gasteiger partial charge < -0.3 is 5.32 Å². The summed E-state index contributed by atoms with van der Waals surface area (Å²) in [6, 6.07) is 12.6. The quantitative estimate of drug-likeness (QED) is 0.916. The lowest BCUT2D eigenvalue weighted by Crippen LogP contribution is -2.12. The number of anilines is 1. The topological polar surface area (TPSA) is 42.0 Å². The highest BCUT2D eigenvalue weighted by Crippen LogP contribution is 2.18. The van der Waals surface area contributed by atoms with Gasteiger partial charge in [-0.1, -0.05) is 18.2 Å². The van der Waals surface area contributed by atoms with E-state index in [1.807, 2.05) is 24.3 Å². The van der Waals surface area contributed by atoms with Crippen LogP contribution in [0.2, 0.25) is 0 Å². The third kappa shape index (κ3) is 2.46. The van der Waals surface area contributed by atoms with E-state index >= 15 is 0 Å². The molecule has 4 heteroatoms. The number of nitrogens with one attached hydrogen (secondary N) is 1. The van der Waals surface area contributed by atoms with Crippen molar-refractivity contribution >= 4 is 27.7 Å². The maximum absolute atomic E-state index is 11.8. The summed E-state index contributed by atoms with van der Waals surface area (Å²) >= 11 is 3.32. The largest absolute Gasteiger partial charge is 0.306 e. The predicted molar refractivity (Wildman–Crippen MR) is 66.3 cm³/mol. The van der Waals surface area contributed by atoms with Crippen LogP contribution in [0.5, 0.6) is 0 Å². The van der Waals surface area contributed by atoms with E-state index in [4.69, 9.17) is 0 Å². The van der Waals surface area contributed by atoms with Crippen molar-refractivity contribution in [3.8, 4) is 0 Å². The molecular formula is C12H9BrN2O. The zero-order chi connectivity index (χ0) is 11.4. The van der Waals surface area contributed by atoms with Crippen molar-refractivity contribution in [2.24, 2.45) is 0 Å². The number of carbonyl (C=O) groups is 1. The van der Waals surface area contributed by atoms with Crippen LogP contribution in [-0.4, -0.2) is 10.9 Å². The van der Waals surface area contributed by atoms with Gasteiger partial charge in [-0.25, -0.2) is 4.98 Å². The molecule has 0 spiro atoms. The summed E-state index contributed by atoms with van der Waals surface area (Å²) in [7, 11) is 0. The maximum atomic E-state index is 11.8. The molecule has 1 heterocycles. The lowest BCUT2D eigenvalue weighted by atomic mass is 10.2. The van der Waals surface area contributed by atoms with Crippen molar-refractivity contribution in [2.45, 2.75) is 0 Å². The van der Waals surface area contributed by atoms with Gasteiger partial charge in [0.1, 0.15) is 5.82 Å². The van der Waals surface area contributed by atoms with Crippen molar-refractivity contribution in [1.82, 2.24) is 4.98 Å². The van der Waals surface area contributed by atoms with Crippen LogP contribution in [0, 0.1) is 0 Å². The molecule has 0 aliphatic rings. The number of benzene rings is 1. The van der Waals surface area contributed by atoms with Crippen molar-refractivity contribution in [1.29, 1.82) is 0 Å². The van der Waals surface area contributed by atoms with Crippen LogP contribution in [-0.2, 0) is 0 Å². The molecule has 0 saturated carbocycles. The summed E-state index contributed by atoms with van der Waals surface area (Å²) in [4.78, 5) is 15.9. The van der Waals surface area contributed by atoms with Gasteiger partial charge in [0, 0.05) is 11.8 Å². The van der Waals surface area contributed by atoms with Gasteiger partial charge in [0.15, 0.2) is 0 Å². The van der Waals surface area contributed by atoms with E-state index in [0.717, 1.165) is 4.47 Å². The van der Waals surface area contributed by atoms with Gasteiger partial charge in [-0.3, -0.25) is 4.79 Å². The zero-order valence-corrected chi connectivity index (χ0v) is 9.94. The van der Waals surface area contributed by atoms with E-state index in [1.54, 1.807) is 24.4 Å². The highest BCUT2D eigenvalue weighted by Gasteiger charge is 2.07. The first-order valence-electron chi connectivity index (χ1n) is 4.74. The average molecular weight is 277 g/mol. The van der Waals surface area contributed by atoms with E-state index in [1.165, 1.54) is 0 Å². The highest BCUT2D eigenvalue weighted by atomic mass is 79.9. The Morgan fingerprint density at radius 2 is 1.88 bits per heavy atom. The molecule has 80 valence electrons. The Hall–Kier alpha value is -1.68. The van der Waals surface area contributed by atoms with Crippen LogP contribution >= 0.6 is 15.9 Å². The first kappa shape index (κ1) is 10.8. The molecule has 0 aliphatic heterocycles. The van der Waals surface area contributed by atoms with E-state index in [-0.39, 0.29) is 5.91 Å². The third-order valence-corrected chi connectivity index (χ3v) is 2.67. The second-order valence-corrected chi connectivity index (χ2v) is 4.01. The van der Waals surface area contributed by atoms with Crippen molar-refractivity contribution in [3.05, 3.63) is 58.7 Å². The van der Waals surface area contributed by atoms with E-state index in [9.17, 15) is 4.79 Å². The van der Waals surface area contributed by atoms with E-state index in [2.05, 4.69) is 26.2 Å². The Labute approximate surface area is 102 Å². The lowest BCUT2D eigenvalue weighted by molar-refractivity contribution is 0.102. The SMILES string of the molecule is O=C(Nc1ncccc1Br)c1ccccc1. The van der Waals surface area contributed by atoms with Gasteiger partial charge in [0.05, 0.1) is 4.47 Å². The van der Waals surface area contributed by atoms with Crippen LogP contribution in [0.4, 0.5) is 5.82 Å². The number of halogens is 1. The van der Waals surface area contributed by atoms with Gasteiger partial charge in [-0.05, 0) is 40.2 Å². The predicted octanol–water partition coefficient (Wildman–Crippen LogP) is 3.10. The minimum atomic E-state index is -0.167. The van der Waals surface area contributed by atoms with Crippen molar-refractivity contribution in [2.75, 3.05) is 5.32 Å². The molecular weight excluding hydrogens is 268 g/mol. The summed E-state index contributed by atoms with van der Waals surface area (Å²) in [5.41, 5.74) is 0.611. The first-order chi connectivity index (χ1) is 7.77. The van der Waals surface area contributed by atoms with Crippen LogP contribution in [0.1, 0.15) is 10.4 Å². The Morgan fingerprint density at radius 1 is 1.12 bits per heavy atom. The normalized spacial score (nSPS) is 9.81. The summed E-state index contributed by atoms with van der Waals surface area (Å²) in [5.74, 6) is 0.358. The molecule has 1 aromatic heterocycles. The van der Waals surface area contributed by atoms with Crippen molar-refractivity contribution in [3.63, 3.8) is 0 Å². The molecule has 2 aromatic rings. The number of carbonyl (C=O) groups excluding carboxylic acids is 1. The monoisotopic (exact) mass is 276 g/mol. The molecule has 0 bridgehead atoms. The summed E-state index contributed by atoms with van der Waals surface area (Å²) in [6.07, 6.45) is 1.63. The smallest absolute Gasteiger partial charge is 0.256 e. The Morgan fingerprint density at radius 3 is 2.56 bits per heavy atom. The van der Waals surface area contributed by atoms with Gasteiger partial charge in [-0.2, -0.15) is 0 Å². The number of amides is 1. The first-order valence-corrected chi connectivity index (χ1v) is 5.53. The number of rotatable bonds is 2. The van der Waals surface area contributed by atoms with E-state index in [0.29, 0.717) is 11.4 Å². The molecule has 16 heavy (non-hydrogen) atoms. The molecule has 1 aromatic carbocycles. The number of aromatic nitrogens is 1. The van der Waals surface area contributed by atoms with Gasteiger partial charge in [0.2, 0.25) is 0 Å². The molecule has 1 N–H and O–H groups in total. The molecule has 0 saturated heterocycles. The molecule has 0 atom stereocenters. The minimum absolute atomic E-state index is 0.167. The fraction of sp³-hybridized carbons (Fsp3) is 0. The lowest BCUT2D eigenvalue weighted by Gasteiger charge is -2.05. The number of pyridine rings is 1. The molecule has 3 nitrogen and oxygen atoms in total. The number of hydrogen-bond donors (Lipinski definition) is 1. The molecule has 0 unspecified atom stereocenters. The van der Waals surface area contributed by atoms with Gasteiger partial charge >= 0.3 is 0 Å². The Kier molecular flexibility index (Phi) is 3.31. The molecule has 2 rings (SSSR count). The molecule has 0 fully saturated rings. The Bertz CT molecular complexity index is 499. The molecule has 0 radical (unpaired) electrons. The molecule has 1 amide bonds. The minimum Gasteiger partial charge on any atom is -0.306 e. The maximum Gasteiger partial charge on any atom is 0.256 e. The third-order valence-electron chi connectivity index (χ3n) is 2.03. The Balaban J connectivity index is 2.18. The fourth-order valence-electron chi connectivity index (χ4n) is 1.25. The number of nitrogens with zero attached hydrogens (tertiary/aromatic N) is 1. The second kappa shape index (κ2) is 4.90. The van der Waals surface area contributed by atoms with Crippen LogP contribution in [0.3, 0.4) is 0 Å². The number of hydrogen-bond acceptors (Lipinski definition) is 2. The van der Waals surface area contributed by atoms with E-state index < -0.39 is 0 Å². The van der Waals surface area contributed by atoms with Gasteiger partial charge in [-0.15, -0.1) is 0 Å². The van der Waals surface area contributed by atoms with Crippen LogP contribution in [0.15, 0.2) is 53.1 Å². The van der Waals surface area contributed by atoms with Gasteiger partial charge in [0.25, 0.3) is 5.91 Å². The summed E-state index contributed by atoms with van der Waals surface area (Å²) < 4.78 is 0.763. The molecule has 0 aliphatic carbocycles. The standard InChI is InChI=1S/C12H9BrN2O/c13-10-7-4-8-14-11(10)15-12(16)9-5-2-1-3-6-9/h1-8H,(H,14,15,16). The van der Waals surface area contributed by atoms with Crippen molar-refractivity contribution < 1.29 is 4.79 Å². The summed E-state index contributed by atoms with van der Waals surface area (Å²) in [5, 5.41) is 2.73. The average Bonchev–Trinajstić information content (AvgIpc) is 2.33. The van der Waals surface area contributed by atoms with Crippen LogP contribution < -0.4 is 5.32 Å².